The van der Waals surface area contributed by atoms with Gasteiger partial charge in [-0.2, -0.15) is 18.3 Å². The number of H-pyrrole nitrogens is 2. The molecular formula is C30H34ClF3N8O3. The fourth-order valence-corrected chi connectivity index (χ4v) is 5.84. The standard InChI is InChI=1S/C30H34ClF3N8O3/c1-2-3-4-22-24(25(40-39-22)30(32,33)34)23-17-36-26(38-23)27(43)37-16-18-5-6-20(21(31)15-18)29(45)42-13-11-41(12-14-42)28(44)19-7-9-35-10-8-19/h2-3,5-6,15,17,19,35H,4,7-14,16H2,1H3,(H,36,38)(H,37,43)(H,39,40)/b3-2+. The number of piperazine rings is 1. The molecule has 11 nitrogen and oxygen atoms in total. The number of alkyl halides is 3. The molecule has 2 fully saturated rings. The van der Waals surface area contributed by atoms with Crippen molar-refractivity contribution in [3.63, 3.8) is 0 Å². The van der Waals surface area contributed by atoms with Crippen LogP contribution in [0.1, 0.15) is 57.7 Å². The Bertz CT molecular complexity index is 1570. The molecule has 0 bridgehead atoms. The van der Waals surface area contributed by atoms with E-state index in [2.05, 4.69) is 30.8 Å². The molecule has 45 heavy (non-hydrogen) atoms. The zero-order valence-electron chi connectivity index (χ0n) is 24.6. The fourth-order valence-electron chi connectivity index (χ4n) is 5.56. The molecule has 2 aromatic heterocycles. The van der Waals surface area contributed by atoms with E-state index < -0.39 is 17.8 Å². The van der Waals surface area contributed by atoms with Gasteiger partial charge >= 0.3 is 6.18 Å². The number of aromatic amines is 2. The van der Waals surface area contributed by atoms with Crippen LogP contribution < -0.4 is 10.6 Å². The van der Waals surface area contributed by atoms with Crippen molar-refractivity contribution in [2.24, 2.45) is 5.92 Å². The van der Waals surface area contributed by atoms with Gasteiger partial charge in [0.2, 0.25) is 5.91 Å². The molecule has 2 aliphatic heterocycles. The molecule has 2 aliphatic rings. The molecule has 4 heterocycles. The summed E-state index contributed by atoms with van der Waals surface area (Å²) in [6.45, 7) is 5.23. The number of nitrogens with zero attached hydrogens (tertiary/aromatic N) is 4. The molecule has 0 unspecified atom stereocenters. The lowest BCUT2D eigenvalue weighted by molar-refractivity contribution is -0.140. The van der Waals surface area contributed by atoms with E-state index in [9.17, 15) is 27.6 Å². The van der Waals surface area contributed by atoms with Gasteiger partial charge in [-0.1, -0.05) is 29.8 Å². The maximum atomic E-state index is 13.6. The number of piperidine rings is 1. The number of halogens is 4. The maximum Gasteiger partial charge on any atom is 0.435 e. The summed E-state index contributed by atoms with van der Waals surface area (Å²) in [5, 5.41) is 12.0. The number of amides is 3. The first-order valence-electron chi connectivity index (χ1n) is 14.7. The van der Waals surface area contributed by atoms with Crippen LogP contribution in [0.15, 0.2) is 36.5 Å². The Balaban J connectivity index is 1.18. The van der Waals surface area contributed by atoms with Gasteiger partial charge in [0.25, 0.3) is 11.8 Å². The van der Waals surface area contributed by atoms with Crippen molar-refractivity contribution >= 4 is 29.3 Å². The lowest BCUT2D eigenvalue weighted by Gasteiger charge is -2.37. The van der Waals surface area contributed by atoms with Crippen molar-refractivity contribution in [3.8, 4) is 11.3 Å². The van der Waals surface area contributed by atoms with Crippen molar-refractivity contribution in [1.29, 1.82) is 0 Å². The molecule has 0 spiro atoms. The molecule has 0 aliphatic carbocycles. The van der Waals surface area contributed by atoms with E-state index in [1.54, 1.807) is 42.2 Å². The third kappa shape index (κ3) is 7.39. The number of imidazole rings is 1. The first-order valence-corrected chi connectivity index (χ1v) is 15.1. The van der Waals surface area contributed by atoms with Gasteiger partial charge in [0, 0.05) is 50.8 Å². The first-order chi connectivity index (χ1) is 21.6. The van der Waals surface area contributed by atoms with E-state index in [0.29, 0.717) is 37.3 Å². The summed E-state index contributed by atoms with van der Waals surface area (Å²) < 4.78 is 40.8. The zero-order chi connectivity index (χ0) is 32.1. The van der Waals surface area contributed by atoms with Gasteiger partial charge in [0.1, 0.15) is 0 Å². The van der Waals surface area contributed by atoms with Crippen LogP contribution >= 0.6 is 11.6 Å². The number of nitrogens with one attached hydrogen (secondary N) is 4. The Morgan fingerprint density at radius 1 is 1.11 bits per heavy atom. The predicted molar refractivity (Wildman–Crippen MR) is 160 cm³/mol. The Kier molecular flexibility index (Phi) is 9.93. The molecule has 0 atom stereocenters. The summed E-state index contributed by atoms with van der Waals surface area (Å²) in [4.78, 5) is 49.0. The minimum Gasteiger partial charge on any atom is -0.345 e. The molecule has 0 radical (unpaired) electrons. The van der Waals surface area contributed by atoms with Gasteiger partial charge in [-0.15, -0.1) is 0 Å². The molecule has 0 saturated carbocycles. The van der Waals surface area contributed by atoms with Crippen molar-refractivity contribution in [2.75, 3.05) is 39.3 Å². The zero-order valence-corrected chi connectivity index (χ0v) is 25.4. The highest BCUT2D eigenvalue weighted by atomic mass is 35.5. The molecular weight excluding hydrogens is 613 g/mol. The average molecular weight is 647 g/mol. The third-order valence-electron chi connectivity index (χ3n) is 8.01. The highest BCUT2D eigenvalue weighted by molar-refractivity contribution is 6.33. The summed E-state index contributed by atoms with van der Waals surface area (Å²) >= 11 is 6.46. The van der Waals surface area contributed by atoms with E-state index in [-0.39, 0.29) is 58.5 Å². The third-order valence-corrected chi connectivity index (χ3v) is 8.32. The van der Waals surface area contributed by atoms with Crippen LogP contribution in [-0.2, 0) is 23.9 Å². The quantitative estimate of drug-likeness (QED) is 0.275. The van der Waals surface area contributed by atoms with Crippen molar-refractivity contribution in [2.45, 2.75) is 38.9 Å². The van der Waals surface area contributed by atoms with Gasteiger partial charge < -0.3 is 25.4 Å². The van der Waals surface area contributed by atoms with Crippen LogP contribution in [0.4, 0.5) is 13.2 Å². The van der Waals surface area contributed by atoms with E-state index >= 15 is 0 Å². The monoisotopic (exact) mass is 646 g/mol. The summed E-state index contributed by atoms with van der Waals surface area (Å²) in [5.74, 6) is -0.863. The smallest absolute Gasteiger partial charge is 0.345 e. The van der Waals surface area contributed by atoms with Crippen molar-refractivity contribution in [3.05, 3.63) is 69.9 Å². The van der Waals surface area contributed by atoms with E-state index in [1.165, 1.54) is 0 Å². The SMILES string of the molecule is C/C=C/Cc1[nH]nc(C(F)(F)F)c1-c1cnc(C(=O)NCc2ccc(C(=O)N3CCN(C(=O)C4CCNCC4)CC3)c(Cl)c2)[nH]1. The van der Waals surface area contributed by atoms with Gasteiger partial charge in [-0.3, -0.25) is 19.5 Å². The molecule has 240 valence electrons. The highest BCUT2D eigenvalue weighted by Gasteiger charge is 2.39. The normalized spacial score (nSPS) is 16.4. The summed E-state index contributed by atoms with van der Waals surface area (Å²) in [6, 6.07) is 4.83. The largest absolute Gasteiger partial charge is 0.435 e. The predicted octanol–water partition coefficient (Wildman–Crippen LogP) is 3.80. The summed E-state index contributed by atoms with van der Waals surface area (Å²) in [6.07, 6.45) is 1.69. The number of hydrogen-bond acceptors (Lipinski definition) is 6. The van der Waals surface area contributed by atoms with Crippen LogP contribution in [0.5, 0.6) is 0 Å². The molecule has 1 aromatic carbocycles. The molecule has 3 aromatic rings. The Labute approximate surface area is 262 Å². The topological polar surface area (TPSA) is 139 Å². The number of carbonyl (C=O) groups is 3. The lowest BCUT2D eigenvalue weighted by Crippen LogP contribution is -2.52. The Hall–Kier alpha value is -4.17. The number of hydrogen-bond donors (Lipinski definition) is 4. The van der Waals surface area contributed by atoms with Crippen LogP contribution in [0, 0.1) is 5.92 Å². The fraction of sp³-hybridized carbons (Fsp3) is 0.433. The second kappa shape index (κ2) is 13.9. The van der Waals surface area contributed by atoms with E-state index in [4.69, 9.17) is 11.6 Å². The maximum absolute atomic E-state index is 13.6. The Morgan fingerprint density at radius 2 is 1.82 bits per heavy atom. The summed E-state index contributed by atoms with van der Waals surface area (Å²) in [5.41, 5.74) is -0.147. The van der Waals surface area contributed by atoms with E-state index in [1.807, 2.05) is 4.90 Å². The minimum absolute atomic E-state index is 0.00289. The number of rotatable bonds is 8. The molecule has 2 saturated heterocycles. The van der Waals surface area contributed by atoms with Gasteiger partial charge in [-0.25, -0.2) is 4.98 Å². The lowest BCUT2D eigenvalue weighted by atomic mass is 9.96. The van der Waals surface area contributed by atoms with Crippen molar-refractivity contribution in [1.82, 2.24) is 40.6 Å². The van der Waals surface area contributed by atoms with Crippen LogP contribution in [0.3, 0.4) is 0 Å². The molecule has 15 heteroatoms. The molecule has 4 N–H and O–H groups in total. The second-order valence-electron chi connectivity index (χ2n) is 11.0. The second-order valence-corrected chi connectivity index (χ2v) is 11.4. The highest BCUT2D eigenvalue weighted by Crippen LogP contribution is 2.37. The molecule has 3 amide bonds. The van der Waals surface area contributed by atoms with Gasteiger partial charge in [0.05, 0.1) is 28.0 Å². The Morgan fingerprint density at radius 3 is 2.49 bits per heavy atom. The summed E-state index contributed by atoms with van der Waals surface area (Å²) in [7, 11) is 0. The van der Waals surface area contributed by atoms with Crippen molar-refractivity contribution < 1.29 is 27.6 Å². The van der Waals surface area contributed by atoms with Crippen LogP contribution in [0.2, 0.25) is 5.02 Å². The number of benzene rings is 1. The van der Waals surface area contributed by atoms with Gasteiger partial charge in [-0.05, 0) is 50.6 Å². The number of allylic oxidation sites excluding steroid dienone is 2. The minimum atomic E-state index is -4.71. The van der Waals surface area contributed by atoms with Crippen LogP contribution in [0.25, 0.3) is 11.3 Å². The van der Waals surface area contributed by atoms with Gasteiger partial charge in [0.15, 0.2) is 11.5 Å². The van der Waals surface area contributed by atoms with Crippen LogP contribution in [-0.4, -0.2) is 87.0 Å². The number of carbonyl (C=O) groups excluding carboxylic acids is 3. The molecule has 5 rings (SSSR count). The van der Waals surface area contributed by atoms with E-state index in [0.717, 1.165) is 32.1 Å². The average Bonchev–Trinajstić information content (AvgIpc) is 3.70. The number of aromatic nitrogens is 4. The first kappa shape index (κ1) is 32.2.